The number of hydrogen-bond donors (Lipinski definition) is 0. The molecule has 0 aromatic heterocycles. The third kappa shape index (κ3) is 3.53. The van der Waals surface area contributed by atoms with Gasteiger partial charge in [-0.2, -0.15) is 0 Å². The minimum Gasteiger partial charge on any atom is -0.465 e. The van der Waals surface area contributed by atoms with Crippen molar-refractivity contribution in [3.05, 3.63) is 34.9 Å². The Bertz CT molecular complexity index is 374. The first kappa shape index (κ1) is 13.0. The van der Waals surface area contributed by atoms with E-state index in [1.54, 1.807) is 6.92 Å². The van der Waals surface area contributed by atoms with Gasteiger partial charge in [-0.05, 0) is 43.9 Å². The van der Waals surface area contributed by atoms with Gasteiger partial charge >= 0.3 is 5.97 Å². The number of hydrogen-bond acceptors (Lipinski definition) is 2. The van der Waals surface area contributed by atoms with Gasteiger partial charge in [-0.15, -0.1) is 11.6 Å². The first-order valence-electron chi connectivity index (χ1n) is 5.41. The van der Waals surface area contributed by atoms with Crippen LogP contribution in [0.1, 0.15) is 23.6 Å². The van der Waals surface area contributed by atoms with E-state index in [2.05, 4.69) is 13.0 Å². The Morgan fingerprint density at radius 2 is 2.06 bits per heavy atom. The second-order valence-electron chi connectivity index (χ2n) is 3.84. The van der Waals surface area contributed by atoms with E-state index in [-0.39, 0.29) is 5.97 Å². The van der Waals surface area contributed by atoms with Gasteiger partial charge in [-0.25, -0.2) is 0 Å². The molecule has 0 bridgehead atoms. The van der Waals surface area contributed by atoms with Gasteiger partial charge in [0.25, 0.3) is 0 Å². The van der Waals surface area contributed by atoms with Crippen LogP contribution in [0.2, 0.25) is 0 Å². The zero-order valence-corrected chi connectivity index (χ0v) is 10.7. The summed E-state index contributed by atoms with van der Waals surface area (Å²) >= 11 is 5.96. The van der Waals surface area contributed by atoms with E-state index in [1.165, 1.54) is 11.1 Å². The fraction of sp³-hybridized carbons (Fsp3) is 0.462. The van der Waals surface area contributed by atoms with Crippen molar-refractivity contribution in [2.75, 3.05) is 6.61 Å². The Labute approximate surface area is 102 Å². The number of ether oxygens (including phenoxy) is 1. The van der Waals surface area contributed by atoms with Crippen molar-refractivity contribution in [2.24, 2.45) is 0 Å². The van der Waals surface area contributed by atoms with E-state index in [1.807, 2.05) is 19.1 Å². The lowest BCUT2D eigenvalue weighted by Gasteiger charge is -2.10. The molecule has 0 saturated carbocycles. The zero-order chi connectivity index (χ0) is 12.1. The van der Waals surface area contributed by atoms with Gasteiger partial charge in [0.2, 0.25) is 0 Å². The van der Waals surface area contributed by atoms with Crippen molar-refractivity contribution < 1.29 is 9.53 Å². The highest BCUT2D eigenvalue weighted by Gasteiger charge is 2.16. The van der Waals surface area contributed by atoms with Crippen LogP contribution in [0.4, 0.5) is 0 Å². The topological polar surface area (TPSA) is 26.3 Å². The number of benzene rings is 1. The lowest BCUT2D eigenvalue weighted by atomic mass is 10.0. The second kappa shape index (κ2) is 5.90. The molecule has 0 heterocycles. The molecule has 0 aliphatic rings. The summed E-state index contributed by atoms with van der Waals surface area (Å²) in [6.07, 6.45) is 0.515. The zero-order valence-electron chi connectivity index (χ0n) is 9.92. The van der Waals surface area contributed by atoms with Gasteiger partial charge in [-0.3, -0.25) is 4.79 Å². The summed E-state index contributed by atoms with van der Waals surface area (Å²) in [5, 5.41) is -0.595. The average molecular weight is 241 g/mol. The van der Waals surface area contributed by atoms with Crippen LogP contribution in [0.25, 0.3) is 0 Å². The molecule has 0 radical (unpaired) electrons. The molecular formula is C13H17ClO2. The molecule has 1 aromatic rings. The molecule has 88 valence electrons. The largest absolute Gasteiger partial charge is 0.465 e. The van der Waals surface area contributed by atoms with Crippen LogP contribution < -0.4 is 0 Å². The number of aryl methyl sites for hydroxylation is 2. The molecule has 0 aliphatic heterocycles. The summed E-state index contributed by atoms with van der Waals surface area (Å²) in [6, 6.07) is 6.10. The predicted molar refractivity (Wildman–Crippen MR) is 65.9 cm³/mol. The van der Waals surface area contributed by atoms with Gasteiger partial charge in [0.15, 0.2) is 0 Å². The van der Waals surface area contributed by atoms with E-state index in [4.69, 9.17) is 16.3 Å². The van der Waals surface area contributed by atoms with Crippen LogP contribution in [-0.2, 0) is 16.0 Å². The summed E-state index contributed by atoms with van der Waals surface area (Å²) in [6.45, 7) is 6.25. The summed E-state index contributed by atoms with van der Waals surface area (Å²) in [5.41, 5.74) is 3.52. The maximum Gasteiger partial charge on any atom is 0.324 e. The minimum atomic E-state index is -0.595. The minimum absolute atomic E-state index is 0.345. The highest BCUT2D eigenvalue weighted by atomic mass is 35.5. The van der Waals surface area contributed by atoms with Crippen molar-refractivity contribution >= 4 is 17.6 Å². The van der Waals surface area contributed by atoms with Crippen LogP contribution in [0.5, 0.6) is 0 Å². The number of alkyl halides is 1. The molecule has 1 atom stereocenters. The highest BCUT2D eigenvalue weighted by Crippen LogP contribution is 2.14. The first-order valence-corrected chi connectivity index (χ1v) is 5.85. The Morgan fingerprint density at radius 1 is 1.38 bits per heavy atom. The summed E-state index contributed by atoms with van der Waals surface area (Å²) in [7, 11) is 0. The predicted octanol–water partition coefficient (Wildman–Crippen LogP) is 3.02. The van der Waals surface area contributed by atoms with E-state index in [0.717, 1.165) is 5.56 Å². The van der Waals surface area contributed by atoms with Crippen molar-refractivity contribution in [2.45, 2.75) is 32.6 Å². The number of halogens is 1. The standard InChI is InChI=1S/C13H17ClO2/c1-4-16-13(15)12(14)8-11-6-5-9(2)10(3)7-11/h5-7,12H,4,8H2,1-3H3. The molecular weight excluding hydrogens is 224 g/mol. The van der Waals surface area contributed by atoms with Crippen LogP contribution in [0.3, 0.4) is 0 Å². The maximum atomic E-state index is 11.3. The Balaban J connectivity index is 2.66. The number of esters is 1. The van der Waals surface area contributed by atoms with Crippen molar-refractivity contribution in [3.8, 4) is 0 Å². The van der Waals surface area contributed by atoms with Crippen LogP contribution in [0.15, 0.2) is 18.2 Å². The summed E-state index contributed by atoms with van der Waals surface area (Å²) < 4.78 is 4.86. The lowest BCUT2D eigenvalue weighted by Crippen LogP contribution is -2.20. The monoisotopic (exact) mass is 240 g/mol. The Hall–Kier alpha value is -1.02. The fourth-order valence-corrected chi connectivity index (χ4v) is 1.69. The Morgan fingerprint density at radius 3 is 2.62 bits per heavy atom. The molecule has 2 nitrogen and oxygen atoms in total. The molecule has 16 heavy (non-hydrogen) atoms. The maximum absolute atomic E-state index is 11.3. The van der Waals surface area contributed by atoms with Gasteiger partial charge in [0.05, 0.1) is 6.61 Å². The van der Waals surface area contributed by atoms with Crippen LogP contribution in [-0.4, -0.2) is 18.0 Å². The molecule has 1 unspecified atom stereocenters. The molecule has 0 fully saturated rings. The van der Waals surface area contributed by atoms with E-state index < -0.39 is 5.38 Å². The quantitative estimate of drug-likeness (QED) is 0.597. The normalized spacial score (nSPS) is 12.2. The Kier molecular flexibility index (Phi) is 4.81. The molecule has 3 heteroatoms. The average Bonchev–Trinajstić information content (AvgIpc) is 2.24. The molecule has 0 N–H and O–H groups in total. The van der Waals surface area contributed by atoms with E-state index in [9.17, 15) is 4.79 Å². The highest BCUT2D eigenvalue weighted by molar-refractivity contribution is 6.30. The van der Waals surface area contributed by atoms with Gasteiger partial charge < -0.3 is 4.74 Å². The molecule has 1 aromatic carbocycles. The number of rotatable bonds is 4. The van der Waals surface area contributed by atoms with Crippen molar-refractivity contribution in [1.82, 2.24) is 0 Å². The van der Waals surface area contributed by atoms with Gasteiger partial charge in [0.1, 0.15) is 5.38 Å². The van der Waals surface area contributed by atoms with Crippen molar-refractivity contribution in [1.29, 1.82) is 0 Å². The van der Waals surface area contributed by atoms with Gasteiger partial charge in [-0.1, -0.05) is 18.2 Å². The molecule has 0 saturated heterocycles. The van der Waals surface area contributed by atoms with E-state index >= 15 is 0 Å². The van der Waals surface area contributed by atoms with Crippen LogP contribution >= 0.6 is 11.6 Å². The number of carbonyl (C=O) groups is 1. The summed E-state index contributed by atoms with van der Waals surface area (Å²) in [4.78, 5) is 11.3. The fourth-order valence-electron chi connectivity index (χ4n) is 1.45. The molecule has 0 amide bonds. The molecule has 0 spiro atoms. The molecule has 0 aliphatic carbocycles. The lowest BCUT2D eigenvalue weighted by molar-refractivity contribution is -0.142. The second-order valence-corrected chi connectivity index (χ2v) is 4.37. The van der Waals surface area contributed by atoms with E-state index in [0.29, 0.717) is 13.0 Å². The smallest absolute Gasteiger partial charge is 0.324 e. The summed E-state index contributed by atoms with van der Waals surface area (Å²) in [5.74, 6) is -0.345. The van der Waals surface area contributed by atoms with Crippen LogP contribution in [0, 0.1) is 13.8 Å². The third-order valence-electron chi connectivity index (χ3n) is 2.53. The van der Waals surface area contributed by atoms with Gasteiger partial charge in [0, 0.05) is 0 Å². The van der Waals surface area contributed by atoms with Crippen molar-refractivity contribution in [3.63, 3.8) is 0 Å². The molecule has 1 rings (SSSR count). The SMILES string of the molecule is CCOC(=O)C(Cl)Cc1ccc(C)c(C)c1. The first-order chi connectivity index (χ1) is 7.54. The number of carbonyl (C=O) groups excluding carboxylic acids is 1. The third-order valence-corrected chi connectivity index (χ3v) is 2.86.